The third-order valence-electron chi connectivity index (χ3n) is 12.0. The summed E-state index contributed by atoms with van der Waals surface area (Å²) in [6.07, 6.45) is -6.74. The van der Waals surface area contributed by atoms with Gasteiger partial charge in [-0.25, -0.2) is 0 Å². The molecule has 16 heteroatoms. The lowest BCUT2D eigenvalue weighted by Crippen LogP contribution is -2.58. The smallest absolute Gasteiger partial charge is 0.316 e. The Hall–Kier alpha value is -3.84. The number of rotatable bonds is 8. The van der Waals surface area contributed by atoms with Crippen LogP contribution in [0.2, 0.25) is 0 Å². The van der Waals surface area contributed by atoms with E-state index in [0.717, 1.165) is 7.11 Å². The van der Waals surface area contributed by atoms with Crippen molar-refractivity contribution in [2.45, 2.75) is 139 Å². The predicted molar refractivity (Wildman–Crippen MR) is 197 cm³/mol. The molecule has 310 valence electrons. The van der Waals surface area contributed by atoms with Crippen molar-refractivity contribution in [1.82, 2.24) is 4.90 Å². The van der Waals surface area contributed by atoms with Gasteiger partial charge in [-0.15, -0.1) is 0 Å². The highest BCUT2D eigenvalue weighted by molar-refractivity contribution is 6.30. The van der Waals surface area contributed by atoms with Crippen LogP contribution < -0.4 is 0 Å². The Kier molecular flexibility index (Phi) is 11.4. The average Bonchev–Trinajstić information content (AvgIpc) is 3.13. The number of ketones is 3. The van der Waals surface area contributed by atoms with Crippen LogP contribution in [0.25, 0.3) is 0 Å². The number of aliphatic hydroxyl groups excluding tert-OH is 1. The zero-order chi connectivity index (χ0) is 41.2. The van der Waals surface area contributed by atoms with Gasteiger partial charge in [0, 0.05) is 54.8 Å². The van der Waals surface area contributed by atoms with Gasteiger partial charge in [-0.3, -0.25) is 19.2 Å². The molecule has 16 nitrogen and oxygen atoms in total. The highest BCUT2D eigenvalue weighted by Crippen LogP contribution is 2.53. The van der Waals surface area contributed by atoms with E-state index in [2.05, 4.69) is 0 Å². The number of hydrogen-bond donors (Lipinski definition) is 4. The number of phenols is 2. The first-order valence-electron chi connectivity index (χ1n) is 19.3. The van der Waals surface area contributed by atoms with E-state index in [1.807, 2.05) is 19.0 Å². The lowest BCUT2D eigenvalue weighted by molar-refractivity contribution is -0.324. The Morgan fingerprint density at radius 2 is 1.54 bits per heavy atom. The zero-order valence-corrected chi connectivity index (χ0v) is 33.0. The van der Waals surface area contributed by atoms with Gasteiger partial charge in [0.15, 0.2) is 30.4 Å². The molecule has 5 aliphatic rings. The second-order valence-electron chi connectivity index (χ2n) is 16.2. The van der Waals surface area contributed by atoms with Gasteiger partial charge in [0.1, 0.15) is 35.7 Å². The number of esters is 1. The second kappa shape index (κ2) is 15.7. The lowest BCUT2D eigenvalue weighted by Gasteiger charge is -2.48. The van der Waals surface area contributed by atoms with Gasteiger partial charge in [0.25, 0.3) is 0 Å². The summed E-state index contributed by atoms with van der Waals surface area (Å²) in [5.74, 6) is -4.65. The molecule has 4 N–H and O–H groups in total. The van der Waals surface area contributed by atoms with Crippen molar-refractivity contribution in [3.05, 3.63) is 57.6 Å². The maximum Gasteiger partial charge on any atom is 0.316 e. The van der Waals surface area contributed by atoms with Crippen LogP contribution in [0.1, 0.15) is 115 Å². The number of carbonyl (C=O) groups is 4. The molecule has 2 aromatic rings. The fourth-order valence-electron chi connectivity index (χ4n) is 9.06. The molecule has 2 aliphatic carbocycles. The number of aromatic hydroxyl groups is 2. The summed E-state index contributed by atoms with van der Waals surface area (Å²) in [5.41, 5.74) is -2.58. The summed E-state index contributed by atoms with van der Waals surface area (Å²) >= 11 is 0. The number of likely N-dealkylation sites (N-methyl/N-ethyl adjacent to an activating group) is 1. The normalized spacial score (nSPS) is 36.7. The van der Waals surface area contributed by atoms with Crippen LogP contribution in [0.4, 0.5) is 0 Å². The van der Waals surface area contributed by atoms with Crippen molar-refractivity contribution in [2.24, 2.45) is 0 Å². The van der Waals surface area contributed by atoms with E-state index < -0.39 is 102 Å². The van der Waals surface area contributed by atoms with Crippen LogP contribution in [0.5, 0.6) is 11.5 Å². The summed E-state index contributed by atoms with van der Waals surface area (Å²) in [7, 11) is 4.89. The van der Waals surface area contributed by atoms with Crippen LogP contribution in [0, 0.1) is 0 Å². The molecule has 3 aliphatic heterocycles. The van der Waals surface area contributed by atoms with Gasteiger partial charge in [-0.2, -0.15) is 0 Å². The molecule has 57 heavy (non-hydrogen) atoms. The molecule has 0 aromatic heterocycles. The highest BCUT2D eigenvalue weighted by Gasteiger charge is 2.52. The number of carbonyl (C=O) groups excluding carboxylic acids is 4. The van der Waals surface area contributed by atoms with Gasteiger partial charge >= 0.3 is 5.97 Å². The number of methoxy groups -OCH3 is 1. The number of nitrogens with zero attached hydrogens (tertiary/aromatic N) is 1. The largest absolute Gasteiger partial charge is 0.507 e. The van der Waals surface area contributed by atoms with Crippen LogP contribution in [-0.2, 0) is 42.7 Å². The molecular weight excluding hydrogens is 746 g/mol. The van der Waals surface area contributed by atoms with Crippen molar-refractivity contribution in [2.75, 3.05) is 21.2 Å². The Labute approximate surface area is 329 Å². The molecule has 13 atom stereocenters. The summed E-state index contributed by atoms with van der Waals surface area (Å²) in [6.45, 7) is 6.68. The minimum Gasteiger partial charge on any atom is -0.507 e. The molecule has 13 unspecified atom stereocenters. The van der Waals surface area contributed by atoms with Crippen LogP contribution in [0.15, 0.2) is 24.3 Å². The monoisotopic (exact) mass is 797 g/mol. The van der Waals surface area contributed by atoms with Crippen LogP contribution in [-0.4, -0.2) is 137 Å². The number of ether oxygens (including phenoxy) is 7. The number of Topliss-reactive ketones (excluding diaryl/α,β-unsaturated/α-hetero) is 1. The molecule has 0 saturated carbocycles. The third-order valence-corrected chi connectivity index (χ3v) is 12.0. The summed E-state index contributed by atoms with van der Waals surface area (Å²) in [5, 5.41) is 45.4. The zero-order valence-electron chi connectivity index (χ0n) is 33.0. The molecule has 0 amide bonds. The molecule has 3 heterocycles. The van der Waals surface area contributed by atoms with E-state index in [1.54, 1.807) is 20.8 Å². The minimum atomic E-state index is -1.80. The first-order chi connectivity index (χ1) is 26.9. The fraction of sp³-hybridized carbons (Fsp3) is 0.610. The van der Waals surface area contributed by atoms with Crippen molar-refractivity contribution < 1.29 is 72.8 Å². The van der Waals surface area contributed by atoms with E-state index in [-0.39, 0.29) is 64.5 Å². The first-order valence-corrected chi connectivity index (χ1v) is 19.3. The summed E-state index contributed by atoms with van der Waals surface area (Å²) in [4.78, 5) is 54.7. The molecule has 2 aromatic carbocycles. The summed E-state index contributed by atoms with van der Waals surface area (Å²) in [6, 6.07) is 5.07. The van der Waals surface area contributed by atoms with Crippen molar-refractivity contribution >= 4 is 23.3 Å². The number of phenolic OH excluding ortho intramolecular Hbond substituents is 2. The lowest BCUT2D eigenvalue weighted by atomic mass is 9.68. The topological polar surface area (TPSA) is 217 Å². The molecule has 3 fully saturated rings. The van der Waals surface area contributed by atoms with Gasteiger partial charge < -0.3 is 58.5 Å². The predicted octanol–water partition coefficient (Wildman–Crippen LogP) is 2.77. The maximum absolute atomic E-state index is 13.9. The van der Waals surface area contributed by atoms with E-state index in [0.29, 0.717) is 12.8 Å². The molecule has 3 saturated heterocycles. The van der Waals surface area contributed by atoms with Crippen LogP contribution in [0.3, 0.4) is 0 Å². The average molecular weight is 798 g/mol. The number of hydrogen-bond acceptors (Lipinski definition) is 16. The Balaban J connectivity index is 1.12. The van der Waals surface area contributed by atoms with Crippen molar-refractivity contribution in [1.29, 1.82) is 0 Å². The van der Waals surface area contributed by atoms with Crippen molar-refractivity contribution in [3.8, 4) is 11.5 Å². The van der Waals surface area contributed by atoms with E-state index >= 15 is 0 Å². The molecule has 0 bridgehead atoms. The highest BCUT2D eigenvalue weighted by atomic mass is 16.7. The summed E-state index contributed by atoms with van der Waals surface area (Å²) < 4.78 is 42.4. The minimum absolute atomic E-state index is 0.00518. The standard InChI is InChI=1S/C41H51NO15/c1-17-24(43)11-12-28(52-17)56-39-19(3)54-30(15-26(39)45)57-38-18(2)53-29(14-23(38)42(5)6)55-27-16-41(4,50)34(40(49)51-7)21-13-22-33(37(48)32(21)27)36(47)31-20(35(22)46)9-8-10-25(31)44/h8-10,13,17-19,23,26-30,34,38-39,44-45,48,50H,11-12,14-16H2,1-7H3. The second-order valence-corrected chi connectivity index (χ2v) is 16.2. The van der Waals surface area contributed by atoms with Gasteiger partial charge in [0.2, 0.25) is 5.78 Å². The van der Waals surface area contributed by atoms with Gasteiger partial charge in [-0.05, 0) is 59.5 Å². The number of fused-ring (bicyclic) bond motifs is 3. The van der Waals surface area contributed by atoms with Crippen molar-refractivity contribution in [3.63, 3.8) is 0 Å². The maximum atomic E-state index is 13.9. The SMILES string of the molecule is COC(=O)C1c2cc3c(c(O)c2C(OC2CC(N(C)C)C(OC4CC(O)C(OC5CCC(=O)C(C)O5)C(C)O4)C(C)O2)CC1(C)O)C(=O)c1c(O)cccc1C3=O. The van der Waals surface area contributed by atoms with Crippen LogP contribution >= 0.6 is 0 Å². The molecule has 0 radical (unpaired) electrons. The quantitative estimate of drug-likeness (QED) is 0.241. The Morgan fingerprint density at radius 1 is 0.877 bits per heavy atom. The van der Waals surface area contributed by atoms with Gasteiger partial charge in [-0.1, -0.05) is 12.1 Å². The fourth-order valence-corrected chi connectivity index (χ4v) is 9.06. The first kappa shape index (κ1) is 41.3. The number of benzene rings is 2. The number of aliphatic hydroxyl groups is 2. The van der Waals surface area contributed by atoms with E-state index in [1.165, 1.54) is 31.2 Å². The Bertz CT molecular complexity index is 1920. The molecule has 0 spiro atoms. The van der Waals surface area contributed by atoms with Gasteiger partial charge in [0.05, 0.1) is 48.3 Å². The van der Waals surface area contributed by atoms with E-state index in [9.17, 15) is 39.6 Å². The molecular formula is C41H51NO15. The van der Waals surface area contributed by atoms with E-state index in [4.69, 9.17) is 33.2 Å². The Morgan fingerprint density at radius 3 is 2.19 bits per heavy atom. The molecule has 7 rings (SSSR count). The third kappa shape index (κ3) is 7.51.